The number of carbonyl (C=O) groups is 1. The summed E-state index contributed by atoms with van der Waals surface area (Å²) in [7, 11) is 1.98. The number of hydrogen-bond acceptors (Lipinski definition) is 4. The lowest BCUT2D eigenvalue weighted by Gasteiger charge is -2.15. The summed E-state index contributed by atoms with van der Waals surface area (Å²) in [6.45, 7) is 1.35. The van der Waals surface area contributed by atoms with Gasteiger partial charge in [0.25, 0.3) is 0 Å². The molecule has 18 heavy (non-hydrogen) atoms. The van der Waals surface area contributed by atoms with Crippen LogP contribution in [-0.4, -0.2) is 35.8 Å². The van der Waals surface area contributed by atoms with Gasteiger partial charge in [-0.3, -0.25) is 14.7 Å². The Morgan fingerprint density at radius 3 is 2.78 bits per heavy atom. The van der Waals surface area contributed by atoms with Crippen LogP contribution in [0, 0.1) is 0 Å². The minimum absolute atomic E-state index is 0.197. The van der Waals surface area contributed by atoms with Gasteiger partial charge in [0, 0.05) is 18.9 Å². The van der Waals surface area contributed by atoms with Gasteiger partial charge in [-0.05, 0) is 42.6 Å². The lowest BCUT2D eigenvalue weighted by atomic mass is 10.2. The summed E-state index contributed by atoms with van der Waals surface area (Å²) in [4.78, 5) is 18.8. The molecule has 0 saturated carbocycles. The first-order valence-corrected chi connectivity index (χ1v) is 6.78. The second-order valence-electron chi connectivity index (χ2n) is 4.24. The molecule has 0 N–H and O–H groups in total. The van der Waals surface area contributed by atoms with E-state index in [9.17, 15) is 4.79 Å². The van der Waals surface area contributed by atoms with Gasteiger partial charge >= 0.3 is 0 Å². The average molecular weight is 260 g/mol. The topological polar surface area (TPSA) is 33.2 Å². The zero-order valence-electron chi connectivity index (χ0n) is 10.4. The highest BCUT2D eigenvalue weighted by molar-refractivity contribution is 7.12. The lowest BCUT2D eigenvalue weighted by Crippen LogP contribution is -2.27. The largest absolute Gasteiger partial charge is 0.299 e. The first kappa shape index (κ1) is 12.9. The van der Waals surface area contributed by atoms with E-state index in [1.807, 2.05) is 36.7 Å². The maximum atomic E-state index is 11.9. The van der Waals surface area contributed by atoms with Crippen LogP contribution in [0.15, 0.2) is 42.0 Å². The third-order valence-electron chi connectivity index (χ3n) is 2.74. The molecule has 0 radical (unpaired) electrons. The SMILES string of the molecule is CN(CCc1ccncc1)CC(=O)c1cccs1. The van der Waals surface area contributed by atoms with Crippen molar-refractivity contribution in [1.82, 2.24) is 9.88 Å². The molecule has 2 aromatic rings. The first-order chi connectivity index (χ1) is 8.75. The Bertz CT molecular complexity index is 482. The second kappa shape index (κ2) is 6.42. The highest BCUT2D eigenvalue weighted by atomic mass is 32.1. The zero-order valence-corrected chi connectivity index (χ0v) is 11.2. The van der Waals surface area contributed by atoms with Gasteiger partial charge in [-0.25, -0.2) is 0 Å². The standard InChI is InChI=1S/C14H16N2OS/c1-16(9-6-12-4-7-15-8-5-12)11-13(17)14-3-2-10-18-14/h2-5,7-8,10H,6,9,11H2,1H3. The molecule has 0 saturated heterocycles. The van der Waals surface area contributed by atoms with Crippen molar-refractivity contribution in [3.63, 3.8) is 0 Å². The summed E-state index contributed by atoms with van der Waals surface area (Å²) >= 11 is 1.50. The van der Waals surface area contributed by atoms with Crippen molar-refractivity contribution >= 4 is 17.1 Å². The molecule has 94 valence electrons. The molecule has 0 fully saturated rings. The molecule has 2 rings (SSSR count). The molecule has 0 aromatic carbocycles. The quantitative estimate of drug-likeness (QED) is 0.748. The molecule has 0 atom stereocenters. The number of carbonyl (C=O) groups excluding carboxylic acids is 1. The van der Waals surface area contributed by atoms with Crippen LogP contribution < -0.4 is 0 Å². The Hall–Kier alpha value is -1.52. The highest BCUT2D eigenvalue weighted by Gasteiger charge is 2.09. The molecule has 2 heterocycles. The first-order valence-electron chi connectivity index (χ1n) is 5.90. The Kier molecular flexibility index (Phi) is 4.61. The van der Waals surface area contributed by atoms with Crippen molar-refractivity contribution in [2.75, 3.05) is 20.1 Å². The van der Waals surface area contributed by atoms with Gasteiger partial charge in [0.1, 0.15) is 0 Å². The molecule has 0 aliphatic carbocycles. The van der Waals surface area contributed by atoms with Crippen LogP contribution in [-0.2, 0) is 6.42 Å². The number of Topliss-reactive ketones (excluding diaryl/α,β-unsaturated/α-hetero) is 1. The average Bonchev–Trinajstić information content (AvgIpc) is 2.91. The number of pyridine rings is 1. The fourth-order valence-corrected chi connectivity index (χ4v) is 2.37. The van der Waals surface area contributed by atoms with E-state index in [0.717, 1.165) is 17.8 Å². The number of aromatic nitrogens is 1. The van der Waals surface area contributed by atoms with Gasteiger partial charge < -0.3 is 0 Å². The highest BCUT2D eigenvalue weighted by Crippen LogP contribution is 2.10. The van der Waals surface area contributed by atoms with E-state index < -0.39 is 0 Å². The summed E-state index contributed by atoms with van der Waals surface area (Å²) in [5.74, 6) is 0.197. The Balaban J connectivity index is 1.79. The van der Waals surface area contributed by atoms with Crippen molar-refractivity contribution in [2.45, 2.75) is 6.42 Å². The molecule has 0 aliphatic heterocycles. The predicted octanol–water partition coefficient (Wildman–Crippen LogP) is 2.50. The van der Waals surface area contributed by atoms with Crippen LogP contribution in [0.4, 0.5) is 0 Å². The van der Waals surface area contributed by atoms with Crippen molar-refractivity contribution in [3.8, 4) is 0 Å². The van der Waals surface area contributed by atoms with Crippen LogP contribution in [0.3, 0.4) is 0 Å². The smallest absolute Gasteiger partial charge is 0.186 e. The Morgan fingerprint density at radius 2 is 2.11 bits per heavy atom. The van der Waals surface area contributed by atoms with E-state index >= 15 is 0 Å². The third-order valence-corrected chi connectivity index (χ3v) is 3.65. The third kappa shape index (κ3) is 3.75. The Labute approximate surface area is 111 Å². The second-order valence-corrected chi connectivity index (χ2v) is 5.19. The minimum Gasteiger partial charge on any atom is -0.299 e. The van der Waals surface area contributed by atoms with E-state index in [4.69, 9.17) is 0 Å². The minimum atomic E-state index is 0.197. The molecule has 0 bridgehead atoms. The molecule has 2 aromatic heterocycles. The van der Waals surface area contributed by atoms with Gasteiger partial charge in [-0.2, -0.15) is 0 Å². The number of thiophene rings is 1. The molecular formula is C14H16N2OS. The molecule has 0 aliphatic rings. The fraction of sp³-hybridized carbons (Fsp3) is 0.286. The van der Waals surface area contributed by atoms with E-state index in [2.05, 4.69) is 9.88 Å². The van der Waals surface area contributed by atoms with Gasteiger partial charge in [-0.1, -0.05) is 6.07 Å². The van der Waals surface area contributed by atoms with Crippen molar-refractivity contribution in [1.29, 1.82) is 0 Å². The zero-order chi connectivity index (χ0) is 12.8. The van der Waals surface area contributed by atoms with Gasteiger partial charge in [0.15, 0.2) is 5.78 Å². The van der Waals surface area contributed by atoms with Crippen LogP contribution in [0.5, 0.6) is 0 Å². The number of ketones is 1. The summed E-state index contributed by atoms with van der Waals surface area (Å²) in [6, 6.07) is 7.81. The van der Waals surface area contributed by atoms with Crippen LogP contribution in [0.25, 0.3) is 0 Å². The monoisotopic (exact) mass is 260 g/mol. The molecule has 0 unspecified atom stereocenters. The van der Waals surface area contributed by atoms with E-state index in [-0.39, 0.29) is 5.78 Å². The molecular weight excluding hydrogens is 244 g/mol. The van der Waals surface area contributed by atoms with Crippen molar-refractivity contribution < 1.29 is 4.79 Å². The summed E-state index contributed by atoms with van der Waals surface area (Å²) < 4.78 is 0. The number of likely N-dealkylation sites (N-methyl/N-ethyl adjacent to an activating group) is 1. The predicted molar refractivity (Wildman–Crippen MR) is 74.1 cm³/mol. The van der Waals surface area contributed by atoms with Gasteiger partial charge in [0.2, 0.25) is 0 Å². The summed E-state index contributed by atoms with van der Waals surface area (Å²) in [5, 5.41) is 1.93. The van der Waals surface area contributed by atoms with E-state index in [1.165, 1.54) is 16.9 Å². The molecule has 0 spiro atoms. The Morgan fingerprint density at radius 1 is 1.33 bits per heavy atom. The van der Waals surface area contributed by atoms with Crippen molar-refractivity contribution in [2.24, 2.45) is 0 Å². The van der Waals surface area contributed by atoms with E-state index in [0.29, 0.717) is 6.54 Å². The molecule has 4 heteroatoms. The van der Waals surface area contributed by atoms with E-state index in [1.54, 1.807) is 12.4 Å². The lowest BCUT2D eigenvalue weighted by molar-refractivity contribution is 0.0951. The summed E-state index contributed by atoms with van der Waals surface area (Å²) in [5.41, 5.74) is 1.25. The van der Waals surface area contributed by atoms with Gasteiger partial charge in [0.05, 0.1) is 11.4 Å². The maximum absolute atomic E-state index is 11.9. The molecule has 3 nitrogen and oxygen atoms in total. The number of nitrogens with zero attached hydrogens (tertiary/aromatic N) is 2. The summed E-state index contributed by atoms with van der Waals surface area (Å²) in [6.07, 6.45) is 4.54. The maximum Gasteiger partial charge on any atom is 0.186 e. The van der Waals surface area contributed by atoms with Crippen molar-refractivity contribution in [3.05, 3.63) is 52.5 Å². The van der Waals surface area contributed by atoms with Gasteiger partial charge in [-0.15, -0.1) is 11.3 Å². The normalized spacial score (nSPS) is 10.8. The van der Waals surface area contributed by atoms with Crippen LogP contribution >= 0.6 is 11.3 Å². The van der Waals surface area contributed by atoms with Crippen LogP contribution in [0.2, 0.25) is 0 Å². The fourth-order valence-electron chi connectivity index (χ4n) is 1.71. The number of hydrogen-bond donors (Lipinski definition) is 0. The number of rotatable bonds is 6. The molecule has 0 amide bonds. The van der Waals surface area contributed by atoms with Crippen LogP contribution in [0.1, 0.15) is 15.2 Å².